The van der Waals surface area contributed by atoms with Gasteiger partial charge in [-0.05, 0) is 32.0 Å². The highest BCUT2D eigenvalue weighted by Gasteiger charge is 2.23. The molecule has 1 aliphatic heterocycles. The van der Waals surface area contributed by atoms with Gasteiger partial charge in [-0.25, -0.2) is 23.4 Å². The molecule has 1 fully saturated rings. The molecule has 4 aromatic heterocycles. The van der Waals surface area contributed by atoms with E-state index in [1.54, 1.807) is 44.4 Å². The highest BCUT2D eigenvalue weighted by Crippen LogP contribution is 2.32. The maximum atomic E-state index is 13.1. The summed E-state index contributed by atoms with van der Waals surface area (Å²) >= 11 is 1.09. The van der Waals surface area contributed by atoms with Gasteiger partial charge in [0.2, 0.25) is 5.88 Å². The van der Waals surface area contributed by atoms with E-state index in [9.17, 15) is 13.2 Å². The van der Waals surface area contributed by atoms with Crippen molar-refractivity contribution in [1.82, 2.24) is 19.4 Å². The van der Waals surface area contributed by atoms with Crippen molar-refractivity contribution in [2.45, 2.75) is 18.1 Å². The van der Waals surface area contributed by atoms with Gasteiger partial charge in [-0.15, -0.1) is 11.3 Å². The zero-order chi connectivity index (χ0) is 25.4. The predicted molar refractivity (Wildman–Crippen MR) is 136 cm³/mol. The van der Waals surface area contributed by atoms with Crippen LogP contribution < -0.4 is 20.3 Å². The number of pyridine rings is 2. The first-order chi connectivity index (χ1) is 17.2. The van der Waals surface area contributed by atoms with Crippen LogP contribution in [-0.4, -0.2) is 54.6 Å². The summed E-state index contributed by atoms with van der Waals surface area (Å²) in [5.74, 6) is 0.494. The van der Waals surface area contributed by atoms with Gasteiger partial charge in [0.05, 0.1) is 37.2 Å². The van der Waals surface area contributed by atoms with E-state index in [0.717, 1.165) is 11.3 Å². The second-order valence-corrected chi connectivity index (χ2v) is 11.5. The fourth-order valence-electron chi connectivity index (χ4n) is 3.82. The van der Waals surface area contributed by atoms with Gasteiger partial charge in [0.15, 0.2) is 4.21 Å². The summed E-state index contributed by atoms with van der Waals surface area (Å²) in [5.41, 5.74) is 2.47. The summed E-state index contributed by atoms with van der Waals surface area (Å²) in [6.45, 7) is 5.39. The molecule has 1 aliphatic rings. The third-order valence-electron chi connectivity index (χ3n) is 5.72. The van der Waals surface area contributed by atoms with Crippen molar-refractivity contribution < 1.29 is 17.9 Å². The van der Waals surface area contributed by atoms with Gasteiger partial charge < -0.3 is 14.8 Å². The zero-order valence-corrected chi connectivity index (χ0v) is 21.4. The Bertz CT molecular complexity index is 1610. The number of thiazole rings is 1. The molecule has 13 heteroatoms. The van der Waals surface area contributed by atoms with Crippen molar-refractivity contribution in [3.8, 4) is 17.0 Å². The molecule has 0 radical (unpaired) electrons. The minimum absolute atomic E-state index is 0.118. The van der Waals surface area contributed by atoms with E-state index in [0.29, 0.717) is 58.8 Å². The lowest BCUT2D eigenvalue weighted by atomic mass is 10.1. The van der Waals surface area contributed by atoms with Crippen LogP contribution >= 0.6 is 11.3 Å². The highest BCUT2D eigenvalue weighted by molar-refractivity contribution is 7.94. The lowest BCUT2D eigenvalue weighted by molar-refractivity contribution is -0.0248. The second kappa shape index (κ2) is 9.48. The van der Waals surface area contributed by atoms with Crippen LogP contribution in [0.5, 0.6) is 5.88 Å². The van der Waals surface area contributed by atoms with Crippen molar-refractivity contribution in [2.24, 2.45) is 5.92 Å². The fourth-order valence-corrected chi connectivity index (χ4v) is 6.36. The summed E-state index contributed by atoms with van der Waals surface area (Å²) in [5, 5.41) is 3.80. The van der Waals surface area contributed by atoms with Crippen molar-refractivity contribution in [3.63, 3.8) is 0 Å². The maximum absolute atomic E-state index is 13.1. The number of sulfonamides is 1. The number of nitrogens with zero attached hydrogens (tertiary/aromatic N) is 4. The Hall–Kier alpha value is -3.55. The first-order valence-corrected chi connectivity index (χ1v) is 13.4. The minimum atomic E-state index is -3.91. The number of nitrogens with one attached hydrogen (secondary N) is 2. The van der Waals surface area contributed by atoms with Crippen LogP contribution in [0.15, 0.2) is 45.8 Å². The van der Waals surface area contributed by atoms with Crippen molar-refractivity contribution in [3.05, 3.63) is 57.8 Å². The molecule has 36 heavy (non-hydrogen) atoms. The van der Waals surface area contributed by atoms with Gasteiger partial charge in [0.1, 0.15) is 17.0 Å². The Morgan fingerprint density at radius 3 is 2.64 bits per heavy atom. The molecule has 5 rings (SSSR count). The van der Waals surface area contributed by atoms with Gasteiger partial charge in [-0.1, -0.05) is 0 Å². The van der Waals surface area contributed by atoms with Crippen molar-refractivity contribution in [1.29, 1.82) is 0 Å². The molecule has 0 amide bonds. The summed E-state index contributed by atoms with van der Waals surface area (Å²) in [4.78, 5) is 25.9. The third-order valence-corrected chi connectivity index (χ3v) is 8.77. The molecule has 11 nitrogen and oxygen atoms in total. The average Bonchev–Trinajstić information content (AvgIpc) is 3.18. The lowest BCUT2D eigenvalue weighted by Crippen LogP contribution is -2.34. The Balaban J connectivity index is 1.49. The molecular formula is C23H24N6O5S2. The number of rotatable bonds is 8. The Kier molecular flexibility index (Phi) is 6.36. The lowest BCUT2D eigenvalue weighted by Gasteiger charge is -2.26. The zero-order valence-electron chi connectivity index (χ0n) is 19.8. The Labute approximate surface area is 211 Å². The highest BCUT2D eigenvalue weighted by atomic mass is 32.2. The molecule has 1 saturated heterocycles. The normalized spacial score (nSPS) is 14.0. The summed E-state index contributed by atoms with van der Waals surface area (Å²) in [6, 6.07) is 5.13. The van der Waals surface area contributed by atoms with Gasteiger partial charge >= 0.3 is 0 Å². The van der Waals surface area contributed by atoms with E-state index in [-0.39, 0.29) is 21.3 Å². The second-order valence-electron chi connectivity index (χ2n) is 8.40. The molecule has 0 atom stereocenters. The van der Waals surface area contributed by atoms with Crippen molar-refractivity contribution >= 4 is 38.4 Å². The number of ether oxygens (including phenoxy) is 2. The molecule has 4 aromatic rings. The Morgan fingerprint density at radius 1 is 1.17 bits per heavy atom. The number of aromatic nitrogens is 4. The molecule has 0 saturated carbocycles. The summed E-state index contributed by atoms with van der Waals surface area (Å²) in [7, 11) is -2.50. The largest absolute Gasteiger partial charge is 0.480 e. The van der Waals surface area contributed by atoms with Gasteiger partial charge in [-0.3, -0.25) is 13.9 Å². The van der Waals surface area contributed by atoms with Gasteiger partial charge in [-0.2, -0.15) is 0 Å². The number of methoxy groups -OCH3 is 1. The van der Waals surface area contributed by atoms with Crippen LogP contribution in [0.1, 0.15) is 10.7 Å². The molecular weight excluding hydrogens is 504 g/mol. The van der Waals surface area contributed by atoms with Crippen LogP contribution in [0.2, 0.25) is 0 Å². The average molecular weight is 529 g/mol. The SMILES string of the molecule is COc1ncc(-c2ccc3ncc(NCC4COC4)c(=O)n3c2)cc1NS(=O)(=O)c1sc(C)nc1C. The molecule has 2 N–H and O–H groups in total. The monoisotopic (exact) mass is 528 g/mol. The van der Waals surface area contributed by atoms with Gasteiger partial charge in [0.25, 0.3) is 15.6 Å². The van der Waals surface area contributed by atoms with Crippen LogP contribution in [0.3, 0.4) is 0 Å². The topological polar surface area (TPSA) is 137 Å². The van der Waals surface area contributed by atoms with Crippen LogP contribution in [-0.2, 0) is 14.8 Å². The number of hydrogen-bond acceptors (Lipinski definition) is 10. The van der Waals surface area contributed by atoms with E-state index in [4.69, 9.17) is 9.47 Å². The standard InChI is InChI=1S/C23H24N6O5S2/c1-13-23(35-14(2)27-13)36(31,32)28-18-6-17(8-26-21(18)33-3)16-4-5-20-25-9-19(22(30)29(20)10-16)24-7-15-11-34-12-15/h4-6,8-10,15,24,28H,7,11-12H2,1-3H3. The fraction of sp³-hybridized carbons (Fsp3) is 0.304. The van der Waals surface area contributed by atoms with E-state index in [1.807, 2.05) is 0 Å². The Morgan fingerprint density at radius 2 is 1.97 bits per heavy atom. The summed E-state index contributed by atoms with van der Waals surface area (Å²) in [6.07, 6.45) is 4.74. The first-order valence-electron chi connectivity index (χ1n) is 11.1. The molecule has 0 unspecified atom stereocenters. The predicted octanol–water partition coefficient (Wildman–Crippen LogP) is 2.70. The van der Waals surface area contributed by atoms with E-state index in [2.05, 4.69) is 25.0 Å². The molecule has 0 aliphatic carbocycles. The van der Waals surface area contributed by atoms with Crippen LogP contribution in [0.4, 0.5) is 11.4 Å². The first kappa shape index (κ1) is 24.2. The molecule has 0 spiro atoms. The number of aryl methyl sites for hydroxylation is 2. The smallest absolute Gasteiger partial charge is 0.281 e. The summed E-state index contributed by atoms with van der Waals surface area (Å²) < 4.78 is 40.7. The van der Waals surface area contributed by atoms with E-state index >= 15 is 0 Å². The number of anilines is 2. The molecule has 0 bridgehead atoms. The molecule has 0 aromatic carbocycles. The third kappa shape index (κ3) is 4.64. The molecule has 188 valence electrons. The molecule has 5 heterocycles. The van der Waals surface area contributed by atoms with Crippen LogP contribution in [0.25, 0.3) is 16.8 Å². The van der Waals surface area contributed by atoms with Gasteiger partial charge in [0, 0.05) is 36.0 Å². The number of fused-ring (bicyclic) bond motifs is 1. The van der Waals surface area contributed by atoms with Crippen molar-refractivity contribution in [2.75, 3.05) is 36.9 Å². The number of hydrogen-bond donors (Lipinski definition) is 2. The minimum Gasteiger partial charge on any atom is -0.480 e. The van der Waals surface area contributed by atoms with Crippen LogP contribution in [0, 0.1) is 19.8 Å². The van der Waals surface area contributed by atoms with E-state index < -0.39 is 10.0 Å². The van der Waals surface area contributed by atoms with E-state index in [1.165, 1.54) is 17.7 Å². The maximum Gasteiger partial charge on any atom is 0.281 e. The quantitative estimate of drug-likeness (QED) is 0.354.